The lowest BCUT2D eigenvalue weighted by atomic mass is 10.1. The van der Waals surface area contributed by atoms with Gasteiger partial charge in [-0.1, -0.05) is 19.1 Å². The van der Waals surface area contributed by atoms with Crippen LogP contribution in [0.2, 0.25) is 0 Å². The quantitative estimate of drug-likeness (QED) is 0.777. The maximum absolute atomic E-state index is 5.82. The topological polar surface area (TPSA) is 63.8 Å². The first-order chi connectivity index (χ1) is 10.3. The summed E-state index contributed by atoms with van der Waals surface area (Å²) in [5, 5.41) is 12.7. The number of hydrogen-bond acceptors (Lipinski definition) is 5. The van der Waals surface area contributed by atoms with Gasteiger partial charge in [-0.3, -0.25) is 4.98 Å². The van der Waals surface area contributed by atoms with E-state index in [2.05, 4.69) is 27.4 Å². The fourth-order valence-corrected chi connectivity index (χ4v) is 2.26. The molecule has 0 saturated heterocycles. The number of aromatic nitrogens is 3. The molecule has 0 saturated carbocycles. The minimum absolute atomic E-state index is 0.0549. The fraction of sp³-hybridized carbons (Fsp3) is 0.312. The molecule has 108 valence electrons. The molecule has 0 radical (unpaired) electrons. The standard InChI is InChI=1S/C16H18N4O/c1-3-9-17-11(2)15-19-20-16(21-15)13-6-4-8-14-12(13)7-5-10-18-14/h4-8,10-11,17H,3,9H2,1-2H3. The van der Waals surface area contributed by atoms with Crippen LogP contribution in [0, 0.1) is 0 Å². The molecule has 0 aliphatic carbocycles. The van der Waals surface area contributed by atoms with Gasteiger partial charge < -0.3 is 9.73 Å². The zero-order valence-electron chi connectivity index (χ0n) is 12.2. The summed E-state index contributed by atoms with van der Waals surface area (Å²) in [5.74, 6) is 1.15. The summed E-state index contributed by atoms with van der Waals surface area (Å²) in [5.41, 5.74) is 1.84. The Bertz CT molecular complexity index is 732. The van der Waals surface area contributed by atoms with Crippen molar-refractivity contribution in [2.45, 2.75) is 26.3 Å². The van der Waals surface area contributed by atoms with Crippen LogP contribution in [0.3, 0.4) is 0 Å². The lowest BCUT2D eigenvalue weighted by molar-refractivity contribution is 0.423. The zero-order chi connectivity index (χ0) is 14.7. The van der Waals surface area contributed by atoms with Crippen LogP contribution < -0.4 is 5.32 Å². The predicted octanol–water partition coefficient (Wildman–Crippen LogP) is 3.35. The Hall–Kier alpha value is -2.27. The first-order valence-electron chi connectivity index (χ1n) is 7.20. The van der Waals surface area contributed by atoms with Crippen molar-refractivity contribution in [1.82, 2.24) is 20.5 Å². The average Bonchev–Trinajstić information content (AvgIpc) is 3.02. The number of hydrogen-bond donors (Lipinski definition) is 1. The largest absolute Gasteiger partial charge is 0.419 e. The van der Waals surface area contributed by atoms with Crippen molar-refractivity contribution in [2.24, 2.45) is 0 Å². The van der Waals surface area contributed by atoms with Crippen LogP contribution in [0.25, 0.3) is 22.4 Å². The molecule has 0 spiro atoms. The molecule has 21 heavy (non-hydrogen) atoms. The summed E-state index contributed by atoms with van der Waals surface area (Å²) >= 11 is 0. The molecule has 5 nitrogen and oxygen atoms in total. The van der Waals surface area contributed by atoms with E-state index in [-0.39, 0.29) is 6.04 Å². The van der Waals surface area contributed by atoms with Gasteiger partial charge in [0.15, 0.2) is 0 Å². The highest BCUT2D eigenvalue weighted by Gasteiger charge is 2.15. The number of benzene rings is 1. The van der Waals surface area contributed by atoms with E-state index < -0.39 is 0 Å². The molecule has 0 fully saturated rings. The summed E-state index contributed by atoms with van der Waals surface area (Å²) in [7, 11) is 0. The lowest BCUT2D eigenvalue weighted by Gasteiger charge is -2.07. The number of rotatable bonds is 5. The normalized spacial score (nSPS) is 12.7. The van der Waals surface area contributed by atoms with E-state index in [0.717, 1.165) is 29.4 Å². The lowest BCUT2D eigenvalue weighted by Crippen LogP contribution is -2.19. The van der Waals surface area contributed by atoms with Gasteiger partial charge in [-0.25, -0.2) is 0 Å². The third-order valence-corrected chi connectivity index (χ3v) is 3.39. The second-order valence-corrected chi connectivity index (χ2v) is 5.00. The van der Waals surface area contributed by atoms with Gasteiger partial charge in [-0.15, -0.1) is 10.2 Å². The van der Waals surface area contributed by atoms with Crippen LogP contribution in [-0.2, 0) is 0 Å². The van der Waals surface area contributed by atoms with E-state index in [1.165, 1.54) is 0 Å². The summed E-state index contributed by atoms with van der Waals surface area (Å²) in [4.78, 5) is 4.35. The van der Waals surface area contributed by atoms with Gasteiger partial charge in [-0.05, 0) is 38.1 Å². The van der Waals surface area contributed by atoms with Crippen LogP contribution in [0.4, 0.5) is 0 Å². The molecule has 5 heteroatoms. The van der Waals surface area contributed by atoms with E-state index >= 15 is 0 Å². The highest BCUT2D eigenvalue weighted by atomic mass is 16.4. The minimum atomic E-state index is 0.0549. The SMILES string of the molecule is CCCNC(C)c1nnc(-c2cccc3ncccc23)o1. The van der Waals surface area contributed by atoms with Crippen LogP contribution in [0.1, 0.15) is 32.2 Å². The molecular formula is C16H18N4O. The monoisotopic (exact) mass is 282 g/mol. The summed E-state index contributed by atoms with van der Waals surface area (Å²) in [6, 6.07) is 9.88. The Morgan fingerprint density at radius 1 is 1.19 bits per heavy atom. The Kier molecular flexibility index (Phi) is 3.92. The van der Waals surface area contributed by atoms with Gasteiger partial charge in [0.2, 0.25) is 11.8 Å². The Morgan fingerprint density at radius 2 is 2.10 bits per heavy atom. The van der Waals surface area contributed by atoms with Gasteiger partial charge in [0, 0.05) is 17.1 Å². The first-order valence-corrected chi connectivity index (χ1v) is 7.20. The molecule has 1 N–H and O–H groups in total. The van der Waals surface area contributed by atoms with E-state index in [0.29, 0.717) is 11.8 Å². The van der Waals surface area contributed by atoms with E-state index in [1.807, 2.05) is 37.3 Å². The summed E-state index contributed by atoms with van der Waals surface area (Å²) in [6.45, 7) is 5.08. The smallest absolute Gasteiger partial charge is 0.248 e. The minimum Gasteiger partial charge on any atom is -0.419 e. The Morgan fingerprint density at radius 3 is 2.95 bits per heavy atom. The van der Waals surface area contributed by atoms with E-state index in [4.69, 9.17) is 4.42 Å². The van der Waals surface area contributed by atoms with Gasteiger partial charge in [0.25, 0.3) is 0 Å². The van der Waals surface area contributed by atoms with E-state index in [9.17, 15) is 0 Å². The number of fused-ring (bicyclic) bond motifs is 1. The van der Waals surface area contributed by atoms with Gasteiger partial charge in [0.05, 0.1) is 11.6 Å². The number of nitrogens with one attached hydrogen (secondary N) is 1. The van der Waals surface area contributed by atoms with Gasteiger partial charge >= 0.3 is 0 Å². The van der Waals surface area contributed by atoms with E-state index in [1.54, 1.807) is 6.20 Å². The summed E-state index contributed by atoms with van der Waals surface area (Å²) < 4.78 is 5.82. The molecule has 1 aromatic carbocycles. The van der Waals surface area contributed by atoms with Gasteiger partial charge in [0.1, 0.15) is 0 Å². The zero-order valence-corrected chi connectivity index (χ0v) is 12.2. The molecule has 0 aliphatic rings. The van der Waals surface area contributed by atoms with Crippen LogP contribution in [0.15, 0.2) is 40.9 Å². The van der Waals surface area contributed by atoms with Gasteiger partial charge in [-0.2, -0.15) is 0 Å². The van der Waals surface area contributed by atoms with Crippen molar-refractivity contribution >= 4 is 10.9 Å². The molecule has 0 bridgehead atoms. The van der Waals surface area contributed by atoms with Crippen LogP contribution >= 0.6 is 0 Å². The van der Waals surface area contributed by atoms with Crippen molar-refractivity contribution in [1.29, 1.82) is 0 Å². The first kappa shape index (κ1) is 13.7. The maximum atomic E-state index is 5.82. The number of nitrogens with zero attached hydrogens (tertiary/aromatic N) is 3. The highest BCUT2D eigenvalue weighted by Crippen LogP contribution is 2.27. The highest BCUT2D eigenvalue weighted by molar-refractivity contribution is 5.92. The molecule has 0 amide bonds. The second-order valence-electron chi connectivity index (χ2n) is 5.00. The van der Waals surface area contributed by atoms with Crippen molar-refractivity contribution in [2.75, 3.05) is 6.54 Å². The molecule has 1 unspecified atom stereocenters. The third kappa shape index (κ3) is 2.78. The summed E-state index contributed by atoms with van der Waals surface area (Å²) in [6.07, 6.45) is 2.85. The Balaban J connectivity index is 1.95. The predicted molar refractivity (Wildman–Crippen MR) is 81.7 cm³/mol. The maximum Gasteiger partial charge on any atom is 0.248 e. The molecule has 3 rings (SSSR count). The second kappa shape index (κ2) is 6.01. The molecule has 2 aromatic heterocycles. The molecule has 0 aliphatic heterocycles. The third-order valence-electron chi connectivity index (χ3n) is 3.39. The molecule has 2 heterocycles. The van der Waals surface area contributed by atoms with Crippen molar-refractivity contribution in [3.63, 3.8) is 0 Å². The fourth-order valence-electron chi connectivity index (χ4n) is 2.26. The van der Waals surface area contributed by atoms with Crippen molar-refractivity contribution in [3.8, 4) is 11.5 Å². The number of pyridine rings is 1. The van der Waals surface area contributed by atoms with Crippen molar-refractivity contribution in [3.05, 3.63) is 42.4 Å². The molecule has 3 aromatic rings. The Labute approximate surface area is 123 Å². The average molecular weight is 282 g/mol. The molecular weight excluding hydrogens is 264 g/mol. The van der Waals surface area contributed by atoms with Crippen LogP contribution in [0.5, 0.6) is 0 Å². The van der Waals surface area contributed by atoms with Crippen LogP contribution in [-0.4, -0.2) is 21.7 Å². The molecule has 1 atom stereocenters. The van der Waals surface area contributed by atoms with Crippen molar-refractivity contribution < 1.29 is 4.42 Å².